The number of sulfone groups is 1. The van der Waals surface area contributed by atoms with Crippen molar-refractivity contribution in [2.75, 3.05) is 5.75 Å². The lowest BCUT2D eigenvalue weighted by molar-refractivity contribution is -0.117. The first-order valence-corrected chi connectivity index (χ1v) is 11.2. The number of aryl methyl sites for hydroxylation is 1. The lowest BCUT2D eigenvalue weighted by Gasteiger charge is -2.03. The van der Waals surface area contributed by atoms with E-state index in [1.807, 2.05) is 29.7 Å². The molecule has 0 bridgehead atoms. The Morgan fingerprint density at radius 2 is 1.93 bits per heavy atom. The Labute approximate surface area is 168 Å². The highest BCUT2D eigenvalue weighted by Gasteiger charge is 2.12. The second-order valence-electron chi connectivity index (χ2n) is 6.38. The Morgan fingerprint density at radius 3 is 2.57 bits per heavy atom. The minimum absolute atomic E-state index is 0.0429. The van der Waals surface area contributed by atoms with Crippen molar-refractivity contribution in [3.63, 3.8) is 0 Å². The molecule has 0 aliphatic heterocycles. The molecule has 0 aliphatic rings. The Balaban J connectivity index is 1.91. The molecule has 144 valence electrons. The second kappa shape index (κ2) is 8.13. The molecule has 0 saturated heterocycles. The minimum Gasteiger partial charge on any atom is -0.305 e. The molecule has 0 atom stereocenters. The minimum atomic E-state index is -3.25. The molecule has 2 aromatic carbocycles. The van der Waals surface area contributed by atoms with E-state index in [1.54, 1.807) is 19.1 Å². The van der Waals surface area contributed by atoms with Gasteiger partial charge in [-0.25, -0.2) is 8.42 Å². The third-order valence-corrected chi connectivity index (χ3v) is 7.12. The number of rotatable bonds is 5. The molecule has 0 saturated carbocycles. The van der Waals surface area contributed by atoms with Crippen molar-refractivity contribution in [3.05, 3.63) is 58.4 Å². The first kappa shape index (κ1) is 20.1. The zero-order chi connectivity index (χ0) is 20.3. The van der Waals surface area contributed by atoms with Gasteiger partial charge in [0.05, 0.1) is 33.8 Å². The molecule has 0 aliphatic carbocycles. The van der Waals surface area contributed by atoms with Gasteiger partial charge in [0.25, 0.3) is 5.91 Å². The quantitative estimate of drug-likeness (QED) is 0.605. The number of benzene rings is 2. The number of terminal acetylenes is 1. The van der Waals surface area contributed by atoms with Crippen molar-refractivity contribution >= 4 is 37.3 Å². The molecule has 1 amide bonds. The summed E-state index contributed by atoms with van der Waals surface area (Å²) in [6.07, 6.45) is 5.58. The van der Waals surface area contributed by atoms with Gasteiger partial charge in [-0.05, 0) is 42.3 Å². The van der Waals surface area contributed by atoms with Gasteiger partial charge < -0.3 is 4.57 Å². The standard InChI is InChI=1S/C21H20N2O3S2/c1-4-12-23-18-11-6-15(3)13-19(18)27-21(23)22-20(24)14-16-7-9-17(10-8-16)28(25,26)5-2/h1,6-11,13H,5,12,14H2,2-3H3. The third-order valence-electron chi connectivity index (χ3n) is 4.33. The first-order valence-electron chi connectivity index (χ1n) is 8.77. The molecule has 0 spiro atoms. The van der Waals surface area contributed by atoms with E-state index in [0.717, 1.165) is 15.8 Å². The fourth-order valence-corrected chi connectivity index (χ4v) is 4.84. The maximum absolute atomic E-state index is 12.5. The van der Waals surface area contributed by atoms with Gasteiger partial charge in [0.2, 0.25) is 0 Å². The van der Waals surface area contributed by atoms with E-state index in [2.05, 4.69) is 10.9 Å². The van der Waals surface area contributed by atoms with Crippen molar-refractivity contribution in [2.24, 2.45) is 4.99 Å². The summed E-state index contributed by atoms with van der Waals surface area (Å²) in [5.41, 5.74) is 2.79. The van der Waals surface area contributed by atoms with Crippen LogP contribution in [-0.4, -0.2) is 24.6 Å². The number of aromatic nitrogens is 1. The van der Waals surface area contributed by atoms with Crippen LogP contribution in [0.1, 0.15) is 18.1 Å². The topological polar surface area (TPSA) is 68.5 Å². The lowest BCUT2D eigenvalue weighted by Crippen LogP contribution is -2.17. The zero-order valence-electron chi connectivity index (χ0n) is 15.7. The van der Waals surface area contributed by atoms with Crippen LogP contribution in [0.5, 0.6) is 0 Å². The van der Waals surface area contributed by atoms with Gasteiger partial charge in [-0.15, -0.1) is 6.42 Å². The predicted octanol–water partition coefficient (Wildman–Crippen LogP) is 3.11. The molecular formula is C21H20N2O3S2. The summed E-state index contributed by atoms with van der Waals surface area (Å²) in [5, 5.41) is 0. The number of hydrogen-bond donors (Lipinski definition) is 0. The number of carbonyl (C=O) groups is 1. The third kappa shape index (κ3) is 4.24. The van der Waals surface area contributed by atoms with Crippen LogP contribution in [0.4, 0.5) is 0 Å². The predicted molar refractivity (Wildman–Crippen MR) is 112 cm³/mol. The van der Waals surface area contributed by atoms with E-state index in [9.17, 15) is 13.2 Å². The molecule has 1 heterocycles. The van der Waals surface area contributed by atoms with Crippen LogP contribution in [0.25, 0.3) is 10.2 Å². The lowest BCUT2D eigenvalue weighted by atomic mass is 10.1. The maximum Gasteiger partial charge on any atom is 0.252 e. The summed E-state index contributed by atoms with van der Waals surface area (Å²) in [6.45, 7) is 3.94. The molecular weight excluding hydrogens is 392 g/mol. The number of amides is 1. The summed E-state index contributed by atoms with van der Waals surface area (Å²) in [6, 6.07) is 12.4. The van der Waals surface area contributed by atoms with Crippen LogP contribution < -0.4 is 4.80 Å². The van der Waals surface area contributed by atoms with Crippen molar-refractivity contribution in [3.8, 4) is 12.3 Å². The number of carbonyl (C=O) groups excluding carboxylic acids is 1. The molecule has 3 rings (SSSR count). The molecule has 0 unspecified atom stereocenters. The van der Waals surface area contributed by atoms with Crippen LogP contribution >= 0.6 is 11.3 Å². The Hall–Kier alpha value is -2.69. The number of fused-ring (bicyclic) bond motifs is 1. The summed E-state index contributed by atoms with van der Waals surface area (Å²) in [5.74, 6) is 2.34. The average Bonchev–Trinajstić information content (AvgIpc) is 2.98. The normalized spacial score (nSPS) is 12.2. The highest BCUT2D eigenvalue weighted by atomic mass is 32.2. The van der Waals surface area contributed by atoms with Crippen LogP contribution in [0.2, 0.25) is 0 Å². The zero-order valence-corrected chi connectivity index (χ0v) is 17.3. The van der Waals surface area contributed by atoms with Crippen LogP contribution in [0.3, 0.4) is 0 Å². The van der Waals surface area contributed by atoms with Crippen molar-refractivity contribution in [2.45, 2.75) is 31.7 Å². The van der Waals surface area contributed by atoms with Crippen molar-refractivity contribution in [1.29, 1.82) is 0 Å². The molecule has 3 aromatic rings. The highest BCUT2D eigenvalue weighted by Crippen LogP contribution is 2.19. The van der Waals surface area contributed by atoms with Crippen molar-refractivity contribution < 1.29 is 13.2 Å². The van der Waals surface area contributed by atoms with Gasteiger partial charge in [-0.2, -0.15) is 4.99 Å². The van der Waals surface area contributed by atoms with Gasteiger partial charge in [0.15, 0.2) is 14.6 Å². The van der Waals surface area contributed by atoms with E-state index in [1.165, 1.54) is 23.5 Å². The molecule has 0 fully saturated rings. The Kier molecular flexibility index (Phi) is 5.82. The Morgan fingerprint density at radius 1 is 1.21 bits per heavy atom. The van der Waals surface area contributed by atoms with Gasteiger partial charge in [0.1, 0.15) is 0 Å². The summed E-state index contributed by atoms with van der Waals surface area (Å²) in [7, 11) is -3.25. The van der Waals surface area contributed by atoms with E-state index in [-0.39, 0.29) is 23.0 Å². The maximum atomic E-state index is 12.5. The highest BCUT2D eigenvalue weighted by molar-refractivity contribution is 7.91. The number of hydrogen-bond acceptors (Lipinski definition) is 4. The first-order chi connectivity index (χ1) is 13.3. The summed E-state index contributed by atoms with van der Waals surface area (Å²) < 4.78 is 26.6. The summed E-state index contributed by atoms with van der Waals surface area (Å²) in [4.78, 5) is 17.6. The molecule has 28 heavy (non-hydrogen) atoms. The average molecular weight is 413 g/mol. The number of thiazole rings is 1. The van der Waals surface area contributed by atoms with Crippen LogP contribution in [0, 0.1) is 19.3 Å². The van der Waals surface area contributed by atoms with Gasteiger partial charge in [-0.1, -0.05) is 42.4 Å². The number of nitrogens with zero attached hydrogens (tertiary/aromatic N) is 2. The smallest absolute Gasteiger partial charge is 0.252 e. The van der Waals surface area contributed by atoms with Gasteiger partial charge >= 0.3 is 0 Å². The molecule has 5 nitrogen and oxygen atoms in total. The van der Waals surface area contributed by atoms with Crippen molar-refractivity contribution in [1.82, 2.24) is 4.57 Å². The van der Waals surface area contributed by atoms with E-state index < -0.39 is 9.84 Å². The van der Waals surface area contributed by atoms with E-state index in [4.69, 9.17) is 6.42 Å². The monoisotopic (exact) mass is 412 g/mol. The second-order valence-corrected chi connectivity index (χ2v) is 9.66. The fourth-order valence-electron chi connectivity index (χ4n) is 2.81. The van der Waals surface area contributed by atoms with E-state index in [0.29, 0.717) is 16.9 Å². The summed E-state index contributed by atoms with van der Waals surface area (Å²) >= 11 is 1.43. The molecule has 0 radical (unpaired) electrons. The molecule has 7 heteroatoms. The molecule has 1 aromatic heterocycles. The van der Waals surface area contributed by atoms with Crippen LogP contribution in [0.15, 0.2) is 52.4 Å². The largest absolute Gasteiger partial charge is 0.305 e. The molecule has 0 N–H and O–H groups in total. The van der Waals surface area contributed by atoms with Crippen LogP contribution in [-0.2, 0) is 27.6 Å². The fraction of sp³-hybridized carbons (Fsp3) is 0.238. The van der Waals surface area contributed by atoms with Gasteiger partial charge in [0, 0.05) is 0 Å². The van der Waals surface area contributed by atoms with Gasteiger partial charge in [-0.3, -0.25) is 4.79 Å². The Bertz CT molecular complexity index is 1240. The SMILES string of the molecule is C#CCn1c(=NC(=O)Cc2ccc(S(=O)(=O)CC)cc2)sc2cc(C)ccc21. The van der Waals surface area contributed by atoms with E-state index >= 15 is 0 Å².